The SMILES string of the molecule is N#CC1(NC(=O)C(CS(=O)(=O)CC2CC2)N[C@@H](c2ccccc2)C(F)(F)F)CCS(=O)(=O)CC1. The summed E-state index contributed by atoms with van der Waals surface area (Å²) < 4.78 is 90.5. The van der Waals surface area contributed by atoms with Gasteiger partial charge in [-0.05, 0) is 37.2 Å². The van der Waals surface area contributed by atoms with Crippen LogP contribution in [0.1, 0.15) is 37.3 Å². The zero-order valence-corrected chi connectivity index (χ0v) is 19.8. The summed E-state index contributed by atoms with van der Waals surface area (Å²) in [6.45, 7) is 0. The standard InChI is InChI=1S/C21H26F3N3O5S2/c22-21(23,24)18(16-4-2-1-3-5-16)26-17(13-34(31,32)12-15-6-7-15)19(28)27-20(14-25)8-10-33(29,30)11-9-20/h1-5,15,17-18,26H,6-13H2,(H,27,28)/t17?,18-/m0/s1. The van der Waals surface area contributed by atoms with Crippen molar-refractivity contribution in [2.45, 2.75) is 49.5 Å². The van der Waals surface area contributed by atoms with Crippen LogP contribution in [-0.4, -0.2) is 63.5 Å². The number of hydrogen-bond acceptors (Lipinski definition) is 7. The Balaban J connectivity index is 1.88. The van der Waals surface area contributed by atoms with Crippen LogP contribution in [0.25, 0.3) is 0 Å². The molecule has 1 saturated carbocycles. The fraction of sp³-hybridized carbons (Fsp3) is 0.619. The number of carbonyl (C=O) groups is 1. The summed E-state index contributed by atoms with van der Waals surface area (Å²) in [7, 11) is -7.28. The van der Waals surface area contributed by atoms with Crippen LogP contribution >= 0.6 is 0 Å². The second kappa shape index (κ2) is 9.83. The Hall–Kier alpha value is -2.17. The summed E-state index contributed by atoms with van der Waals surface area (Å²) in [5, 5.41) is 14.1. The third-order valence-corrected chi connectivity index (χ3v) is 9.48. The molecule has 1 unspecified atom stereocenters. The maximum Gasteiger partial charge on any atom is 0.407 e. The predicted octanol–water partition coefficient (Wildman–Crippen LogP) is 1.66. The van der Waals surface area contributed by atoms with Crippen LogP contribution in [0.4, 0.5) is 13.2 Å². The number of sulfone groups is 2. The molecule has 0 aromatic heterocycles. The second-order valence-corrected chi connectivity index (χ2v) is 13.4. The van der Waals surface area contributed by atoms with Gasteiger partial charge in [-0.2, -0.15) is 18.4 Å². The van der Waals surface area contributed by atoms with E-state index < -0.39 is 55.1 Å². The molecule has 2 atom stereocenters. The van der Waals surface area contributed by atoms with Gasteiger partial charge in [0.2, 0.25) is 5.91 Å². The Bertz CT molecular complexity index is 1130. The van der Waals surface area contributed by atoms with Gasteiger partial charge >= 0.3 is 6.18 Å². The van der Waals surface area contributed by atoms with Gasteiger partial charge in [0, 0.05) is 0 Å². The molecule has 2 N–H and O–H groups in total. The van der Waals surface area contributed by atoms with Crippen LogP contribution < -0.4 is 10.6 Å². The highest BCUT2D eigenvalue weighted by atomic mass is 32.2. The molecule has 188 valence electrons. The summed E-state index contributed by atoms with van der Waals surface area (Å²) >= 11 is 0. The van der Waals surface area contributed by atoms with Gasteiger partial charge in [0.15, 0.2) is 19.7 Å². The van der Waals surface area contributed by atoms with Crippen LogP contribution in [0.2, 0.25) is 0 Å². The summed E-state index contributed by atoms with van der Waals surface area (Å²) in [6.07, 6.45) is -3.91. The number of carbonyl (C=O) groups excluding carboxylic acids is 1. The van der Waals surface area contributed by atoms with E-state index in [0.29, 0.717) is 12.8 Å². The number of benzene rings is 1. The number of nitrogens with zero attached hydrogens (tertiary/aromatic N) is 1. The number of alkyl halides is 3. The number of amides is 1. The van der Waals surface area contributed by atoms with E-state index in [-0.39, 0.29) is 41.6 Å². The van der Waals surface area contributed by atoms with Crippen molar-refractivity contribution in [1.29, 1.82) is 5.26 Å². The molecule has 3 rings (SSSR count). The zero-order valence-electron chi connectivity index (χ0n) is 18.2. The molecule has 0 radical (unpaired) electrons. The molecular formula is C21H26F3N3O5S2. The van der Waals surface area contributed by atoms with Crippen LogP contribution in [0.5, 0.6) is 0 Å². The quantitative estimate of drug-likeness (QED) is 0.505. The number of rotatable bonds is 9. The van der Waals surface area contributed by atoms with Crippen LogP contribution in [0.3, 0.4) is 0 Å². The largest absolute Gasteiger partial charge is 0.407 e. The van der Waals surface area contributed by atoms with Gasteiger partial charge in [0.05, 0.1) is 29.1 Å². The average Bonchev–Trinajstić information content (AvgIpc) is 3.55. The Morgan fingerprint density at radius 3 is 2.26 bits per heavy atom. The smallest absolute Gasteiger partial charge is 0.336 e. The van der Waals surface area contributed by atoms with Crippen molar-refractivity contribution in [3.05, 3.63) is 35.9 Å². The second-order valence-electron chi connectivity index (χ2n) is 8.96. The Labute approximate surface area is 196 Å². The summed E-state index contributed by atoms with van der Waals surface area (Å²) in [5.41, 5.74) is -1.81. The molecule has 13 heteroatoms. The highest BCUT2D eigenvalue weighted by molar-refractivity contribution is 7.91. The molecule has 1 saturated heterocycles. The minimum atomic E-state index is -4.84. The topological polar surface area (TPSA) is 133 Å². The van der Waals surface area contributed by atoms with Gasteiger partial charge in [-0.3, -0.25) is 10.1 Å². The molecular weight excluding hydrogens is 495 g/mol. The van der Waals surface area contributed by atoms with Gasteiger partial charge in [-0.15, -0.1) is 0 Å². The number of nitriles is 1. The van der Waals surface area contributed by atoms with Crippen LogP contribution in [-0.2, 0) is 24.5 Å². The van der Waals surface area contributed by atoms with Gasteiger partial charge in [-0.1, -0.05) is 30.3 Å². The minimum Gasteiger partial charge on any atom is -0.336 e. The van der Waals surface area contributed by atoms with Crippen molar-refractivity contribution in [3.63, 3.8) is 0 Å². The third-order valence-electron chi connectivity index (χ3n) is 6.01. The molecule has 2 fully saturated rings. The number of hydrogen-bond donors (Lipinski definition) is 2. The van der Waals surface area contributed by atoms with Crippen LogP contribution in [0.15, 0.2) is 30.3 Å². The molecule has 34 heavy (non-hydrogen) atoms. The molecule has 1 aliphatic heterocycles. The van der Waals surface area contributed by atoms with Gasteiger partial charge in [-0.25, -0.2) is 16.8 Å². The zero-order chi connectivity index (χ0) is 25.2. The fourth-order valence-electron chi connectivity index (χ4n) is 3.87. The lowest BCUT2D eigenvalue weighted by molar-refractivity contribution is -0.160. The minimum absolute atomic E-state index is 0.0738. The van der Waals surface area contributed by atoms with Gasteiger partial charge in [0.1, 0.15) is 17.6 Å². The molecule has 0 bridgehead atoms. The summed E-state index contributed by atoms with van der Waals surface area (Å²) in [5.74, 6) is -3.01. The molecule has 0 spiro atoms. The maximum absolute atomic E-state index is 13.9. The monoisotopic (exact) mass is 521 g/mol. The van der Waals surface area contributed by atoms with E-state index in [1.807, 2.05) is 6.07 Å². The van der Waals surface area contributed by atoms with E-state index in [9.17, 15) is 40.1 Å². The Morgan fingerprint density at radius 2 is 1.76 bits per heavy atom. The van der Waals surface area contributed by atoms with Crippen molar-refractivity contribution in [2.75, 3.05) is 23.0 Å². The first-order valence-corrected chi connectivity index (χ1v) is 14.4. The van der Waals surface area contributed by atoms with Crippen molar-refractivity contribution < 1.29 is 34.8 Å². The molecule has 1 amide bonds. The lowest BCUT2D eigenvalue weighted by Crippen LogP contribution is -2.59. The maximum atomic E-state index is 13.9. The molecule has 1 aromatic rings. The first-order chi connectivity index (χ1) is 15.7. The highest BCUT2D eigenvalue weighted by Crippen LogP contribution is 2.34. The lowest BCUT2D eigenvalue weighted by atomic mass is 9.93. The van der Waals surface area contributed by atoms with E-state index in [4.69, 9.17) is 0 Å². The lowest BCUT2D eigenvalue weighted by Gasteiger charge is -2.34. The number of halogens is 3. The van der Waals surface area contributed by atoms with E-state index in [2.05, 4.69) is 10.6 Å². The molecule has 8 nitrogen and oxygen atoms in total. The van der Waals surface area contributed by atoms with E-state index in [1.165, 1.54) is 30.3 Å². The van der Waals surface area contributed by atoms with Crippen molar-refractivity contribution in [3.8, 4) is 6.07 Å². The first-order valence-electron chi connectivity index (χ1n) is 10.8. The molecule has 1 aliphatic carbocycles. The van der Waals surface area contributed by atoms with E-state index in [1.54, 1.807) is 0 Å². The third kappa shape index (κ3) is 7.16. The predicted molar refractivity (Wildman–Crippen MR) is 118 cm³/mol. The van der Waals surface area contributed by atoms with Crippen molar-refractivity contribution >= 4 is 25.6 Å². The normalized spacial score (nSPS) is 21.7. The van der Waals surface area contributed by atoms with Crippen molar-refractivity contribution in [2.24, 2.45) is 5.92 Å². The highest BCUT2D eigenvalue weighted by Gasteiger charge is 2.46. The average molecular weight is 522 g/mol. The summed E-state index contributed by atoms with van der Waals surface area (Å²) in [6, 6.07) is 4.45. The number of nitrogens with one attached hydrogen (secondary N) is 2. The van der Waals surface area contributed by atoms with E-state index in [0.717, 1.165) is 0 Å². The Morgan fingerprint density at radius 1 is 1.18 bits per heavy atom. The summed E-state index contributed by atoms with van der Waals surface area (Å²) in [4.78, 5) is 13.1. The van der Waals surface area contributed by atoms with Crippen molar-refractivity contribution in [1.82, 2.24) is 10.6 Å². The Kier molecular flexibility index (Phi) is 7.64. The van der Waals surface area contributed by atoms with Gasteiger partial charge in [0.25, 0.3) is 0 Å². The van der Waals surface area contributed by atoms with Gasteiger partial charge < -0.3 is 5.32 Å². The molecule has 1 aromatic carbocycles. The van der Waals surface area contributed by atoms with E-state index >= 15 is 0 Å². The molecule has 1 heterocycles. The van der Waals surface area contributed by atoms with Crippen LogP contribution in [0, 0.1) is 17.2 Å². The first kappa shape index (κ1) is 26.4. The fourth-order valence-corrected chi connectivity index (χ4v) is 7.33. The molecule has 2 aliphatic rings.